The SMILES string of the molecule is Cc1cc(C)c(C)c(CN(C)CC=O)c1C. The first kappa shape index (κ1) is 12.9. The smallest absolute Gasteiger partial charge is 0.133 e. The summed E-state index contributed by atoms with van der Waals surface area (Å²) in [5.74, 6) is 0. The number of aldehydes is 1. The van der Waals surface area contributed by atoms with E-state index >= 15 is 0 Å². The molecule has 0 atom stereocenters. The molecule has 0 saturated heterocycles. The third kappa shape index (κ3) is 2.70. The Morgan fingerprint density at radius 3 is 2.06 bits per heavy atom. The fourth-order valence-corrected chi connectivity index (χ4v) is 2.00. The molecule has 2 nitrogen and oxygen atoms in total. The van der Waals surface area contributed by atoms with Crippen molar-refractivity contribution < 1.29 is 4.79 Å². The second-order valence-corrected chi connectivity index (χ2v) is 4.60. The van der Waals surface area contributed by atoms with Crippen molar-refractivity contribution in [1.29, 1.82) is 0 Å². The summed E-state index contributed by atoms with van der Waals surface area (Å²) in [6.07, 6.45) is 0.952. The summed E-state index contributed by atoms with van der Waals surface area (Å²) in [5.41, 5.74) is 6.72. The summed E-state index contributed by atoms with van der Waals surface area (Å²) >= 11 is 0. The Kier molecular flexibility index (Phi) is 4.25. The minimum absolute atomic E-state index is 0.492. The first-order valence-corrected chi connectivity index (χ1v) is 5.65. The lowest BCUT2D eigenvalue weighted by atomic mass is 9.94. The van der Waals surface area contributed by atoms with Crippen LogP contribution in [0.1, 0.15) is 27.8 Å². The third-order valence-corrected chi connectivity index (χ3v) is 3.34. The topological polar surface area (TPSA) is 20.3 Å². The number of likely N-dealkylation sites (N-methyl/N-ethyl adjacent to an activating group) is 1. The van der Waals surface area contributed by atoms with Crippen LogP contribution in [0, 0.1) is 27.7 Å². The van der Waals surface area contributed by atoms with Crippen molar-refractivity contribution >= 4 is 6.29 Å². The van der Waals surface area contributed by atoms with Gasteiger partial charge in [-0.15, -0.1) is 0 Å². The Bertz CT molecular complexity index is 370. The summed E-state index contributed by atoms with van der Waals surface area (Å²) in [4.78, 5) is 12.5. The number of hydrogen-bond donors (Lipinski definition) is 0. The van der Waals surface area contributed by atoms with Crippen LogP contribution in [0.5, 0.6) is 0 Å². The second-order valence-electron chi connectivity index (χ2n) is 4.60. The Labute approximate surface area is 98.3 Å². The van der Waals surface area contributed by atoms with Crippen LogP contribution in [-0.2, 0) is 11.3 Å². The van der Waals surface area contributed by atoms with Gasteiger partial charge >= 0.3 is 0 Å². The predicted molar refractivity (Wildman–Crippen MR) is 67.8 cm³/mol. The minimum atomic E-state index is 0.492. The van der Waals surface area contributed by atoms with Gasteiger partial charge in [-0.2, -0.15) is 0 Å². The van der Waals surface area contributed by atoms with E-state index in [1.165, 1.54) is 27.8 Å². The molecule has 0 aliphatic rings. The summed E-state index contributed by atoms with van der Waals surface area (Å²) in [5, 5.41) is 0. The molecule has 0 radical (unpaired) electrons. The largest absolute Gasteiger partial charge is 0.302 e. The molecule has 2 heteroatoms. The molecule has 1 rings (SSSR count). The van der Waals surface area contributed by atoms with E-state index < -0.39 is 0 Å². The van der Waals surface area contributed by atoms with Crippen molar-refractivity contribution in [2.75, 3.05) is 13.6 Å². The molecule has 0 unspecified atom stereocenters. The highest BCUT2D eigenvalue weighted by Gasteiger charge is 2.10. The van der Waals surface area contributed by atoms with Gasteiger partial charge in [0.15, 0.2) is 0 Å². The molecular weight excluding hydrogens is 198 g/mol. The lowest BCUT2D eigenvalue weighted by Crippen LogP contribution is -2.21. The quantitative estimate of drug-likeness (QED) is 0.725. The number of carbonyl (C=O) groups excluding carboxylic acids is 1. The molecule has 0 spiro atoms. The molecule has 1 aromatic carbocycles. The van der Waals surface area contributed by atoms with E-state index in [0.717, 1.165) is 12.8 Å². The summed E-state index contributed by atoms with van der Waals surface area (Å²) in [6.45, 7) is 9.94. The van der Waals surface area contributed by atoms with E-state index in [1.807, 2.05) is 11.9 Å². The standard InChI is InChI=1S/C14H21NO/c1-10-8-11(2)13(4)14(12(10)3)9-15(5)6-7-16/h7-8H,6,9H2,1-5H3. The number of benzene rings is 1. The van der Waals surface area contributed by atoms with Crippen LogP contribution in [0.3, 0.4) is 0 Å². The van der Waals surface area contributed by atoms with Gasteiger partial charge in [0, 0.05) is 6.54 Å². The maximum absolute atomic E-state index is 10.5. The molecular formula is C14H21NO. The van der Waals surface area contributed by atoms with E-state index in [-0.39, 0.29) is 0 Å². The van der Waals surface area contributed by atoms with E-state index in [0.29, 0.717) is 6.54 Å². The average molecular weight is 219 g/mol. The summed E-state index contributed by atoms with van der Waals surface area (Å²) in [7, 11) is 1.98. The van der Waals surface area contributed by atoms with Crippen LogP contribution >= 0.6 is 0 Å². The molecule has 0 heterocycles. The monoisotopic (exact) mass is 219 g/mol. The second kappa shape index (κ2) is 5.26. The molecule has 0 aliphatic heterocycles. The Balaban J connectivity index is 3.07. The third-order valence-electron chi connectivity index (χ3n) is 3.34. The first-order valence-electron chi connectivity index (χ1n) is 5.65. The van der Waals surface area contributed by atoms with Crippen LogP contribution in [0.15, 0.2) is 6.07 Å². The highest BCUT2D eigenvalue weighted by molar-refractivity contribution is 5.52. The van der Waals surface area contributed by atoms with Crippen LogP contribution in [-0.4, -0.2) is 24.8 Å². The maximum Gasteiger partial charge on any atom is 0.133 e. The van der Waals surface area contributed by atoms with E-state index in [4.69, 9.17) is 0 Å². The number of nitrogens with zero attached hydrogens (tertiary/aromatic N) is 1. The Morgan fingerprint density at radius 2 is 1.62 bits per heavy atom. The van der Waals surface area contributed by atoms with E-state index in [1.54, 1.807) is 0 Å². The highest BCUT2D eigenvalue weighted by Crippen LogP contribution is 2.22. The zero-order chi connectivity index (χ0) is 12.3. The molecule has 0 aliphatic carbocycles. The molecule has 0 amide bonds. The van der Waals surface area contributed by atoms with E-state index in [9.17, 15) is 4.79 Å². The highest BCUT2D eigenvalue weighted by atomic mass is 16.1. The fourth-order valence-electron chi connectivity index (χ4n) is 2.00. The lowest BCUT2D eigenvalue weighted by Gasteiger charge is -2.20. The van der Waals surface area contributed by atoms with Crippen molar-refractivity contribution in [3.05, 3.63) is 33.9 Å². The van der Waals surface area contributed by atoms with Crippen molar-refractivity contribution in [2.45, 2.75) is 34.2 Å². The van der Waals surface area contributed by atoms with Gasteiger partial charge in [0.05, 0.1) is 6.54 Å². The number of hydrogen-bond acceptors (Lipinski definition) is 2. The molecule has 16 heavy (non-hydrogen) atoms. The lowest BCUT2D eigenvalue weighted by molar-refractivity contribution is -0.108. The summed E-state index contributed by atoms with van der Waals surface area (Å²) in [6, 6.07) is 2.23. The zero-order valence-corrected chi connectivity index (χ0v) is 10.9. The van der Waals surface area contributed by atoms with Gasteiger partial charge in [0.25, 0.3) is 0 Å². The Hall–Kier alpha value is -1.15. The molecule has 0 fully saturated rings. The zero-order valence-electron chi connectivity index (χ0n) is 10.9. The number of aryl methyl sites for hydroxylation is 2. The van der Waals surface area contributed by atoms with Gasteiger partial charge in [-0.05, 0) is 62.6 Å². The first-order chi connectivity index (χ1) is 7.47. The van der Waals surface area contributed by atoms with Gasteiger partial charge in [-0.1, -0.05) is 6.07 Å². The van der Waals surface area contributed by atoms with Crippen molar-refractivity contribution in [2.24, 2.45) is 0 Å². The van der Waals surface area contributed by atoms with Crippen LogP contribution < -0.4 is 0 Å². The molecule has 0 aromatic heterocycles. The van der Waals surface area contributed by atoms with Gasteiger partial charge in [-0.25, -0.2) is 0 Å². The number of rotatable bonds is 4. The van der Waals surface area contributed by atoms with Crippen LogP contribution in [0.25, 0.3) is 0 Å². The van der Waals surface area contributed by atoms with Gasteiger partial charge < -0.3 is 4.79 Å². The van der Waals surface area contributed by atoms with Crippen molar-refractivity contribution in [3.8, 4) is 0 Å². The van der Waals surface area contributed by atoms with Gasteiger partial charge in [-0.3, -0.25) is 4.90 Å². The molecule has 0 N–H and O–H groups in total. The maximum atomic E-state index is 10.5. The Morgan fingerprint density at radius 1 is 1.12 bits per heavy atom. The molecule has 1 aromatic rings. The summed E-state index contributed by atoms with van der Waals surface area (Å²) < 4.78 is 0. The number of carbonyl (C=O) groups is 1. The van der Waals surface area contributed by atoms with Gasteiger partial charge in [0.1, 0.15) is 6.29 Å². The van der Waals surface area contributed by atoms with Crippen LogP contribution in [0.2, 0.25) is 0 Å². The van der Waals surface area contributed by atoms with E-state index in [2.05, 4.69) is 33.8 Å². The van der Waals surface area contributed by atoms with Crippen LogP contribution in [0.4, 0.5) is 0 Å². The molecule has 0 saturated carbocycles. The minimum Gasteiger partial charge on any atom is -0.302 e. The average Bonchev–Trinajstić information content (AvgIpc) is 2.22. The fraction of sp³-hybridized carbons (Fsp3) is 0.500. The predicted octanol–water partition coefficient (Wildman–Crippen LogP) is 2.55. The normalized spacial score (nSPS) is 10.9. The van der Waals surface area contributed by atoms with Crippen molar-refractivity contribution in [3.63, 3.8) is 0 Å². The van der Waals surface area contributed by atoms with Gasteiger partial charge in [0.2, 0.25) is 0 Å². The van der Waals surface area contributed by atoms with Crippen molar-refractivity contribution in [1.82, 2.24) is 4.90 Å². The molecule has 88 valence electrons. The molecule has 0 bridgehead atoms.